The monoisotopic (exact) mass is 287 g/mol. The first-order chi connectivity index (χ1) is 10.1. The number of nitrogens with one attached hydrogen (secondary N) is 3. The van der Waals surface area contributed by atoms with Crippen molar-refractivity contribution in [2.24, 2.45) is 5.92 Å². The number of hydrogen-bond donors (Lipinski definition) is 3. The van der Waals surface area contributed by atoms with Gasteiger partial charge >= 0.3 is 0 Å². The molecule has 2 aromatic rings. The molecule has 0 aliphatic heterocycles. The Morgan fingerprint density at radius 2 is 2.33 bits per heavy atom. The number of aromatic amines is 1. The minimum atomic E-state index is -0.485. The van der Waals surface area contributed by atoms with Crippen molar-refractivity contribution < 1.29 is 14.0 Å². The summed E-state index contributed by atoms with van der Waals surface area (Å²) in [5.74, 6) is -1.12. The topological polar surface area (TPSA) is 124 Å². The molecule has 8 nitrogen and oxygen atoms in total. The second kappa shape index (κ2) is 6.38. The van der Waals surface area contributed by atoms with E-state index >= 15 is 0 Å². The molecule has 0 fully saturated rings. The van der Waals surface area contributed by atoms with Gasteiger partial charge in [0, 0.05) is 6.54 Å². The molecule has 21 heavy (non-hydrogen) atoms. The van der Waals surface area contributed by atoms with E-state index in [0.29, 0.717) is 0 Å². The summed E-state index contributed by atoms with van der Waals surface area (Å²) in [5, 5.41) is 20.0. The van der Waals surface area contributed by atoms with Gasteiger partial charge in [-0.2, -0.15) is 10.4 Å². The van der Waals surface area contributed by atoms with E-state index in [0.717, 1.165) is 0 Å². The first-order valence-corrected chi connectivity index (χ1v) is 6.18. The summed E-state index contributed by atoms with van der Waals surface area (Å²) in [6, 6.07) is 5.10. The number of anilines is 1. The minimum absolute atomic E-state index is 0.111. The molecular formula is C13H13N5O3. The molecule has 2 heterocycles. The molecule has 0 saturated heterocycles. The molecule has 0 spiro atoms. The molecule has 2 rings (SSSR count). The number of amides is 2. The van der Waals surface area contributed by atoms with Gasteiger partial charge < -0.3 is 15.1 Å². The Morgan fingerprint density at radius 3 is 3.00 bits per heavy atom. The van der Waals surface area contributed by atoms with Crippen LogP contribution < -0.4 is 10.6 Å². The average Bonchev–Trinajstić information content (AvgIpc) is 3.15. The lowest BCUT2D eigenvalue weighted by Crippen LogP contribution is -2.29. The van der Waals surface area contributed by atoms with Crippen molar-refractivity contribution in [3.8, 4) is 6.07 Å². The van der Waals surface area contributed by atoms with E-state index in [1.165, 1.54) is 18.5 Å². The third-order valence-corrected chi connectivity index (χ3v) is 2.65. The van der Waals surface area contributed by atoms with Crippen LogP contribution in [0.5, 0.6) is 0 Å². The number of H-pyrrole nitrogens is 1. The number of nitriles is 1. The highest BCUT2D eigenvalue weighted by Gasteiger charge is 2.18. The van der Waals surface area contributed by atoms with E-state index < -0.39 is 11.8 Å². The van der Waals surface area contributed by atoms with Crippen LogP contribution in [0.25, 0.3) is 0 Å². The van der Waals surface area contributed by atoms with E-state index in [2.05, 4.69) is 20.8 Å². The molecule has 1 unspecified atom stereocenters. The molecule has 0 aliphatic rings. The van der Waals surface area contributed by atoms with Crippen LogP contribution in [0.1, 0.15) is 28.0 Å². The number of rotatable bonds is 5. The first-order valence-electron chi connectivity index (χ1n) is 6.18. The van der Waals surface area contributed by atoms with E-state index in [1.807, 2.05) is 6.07 Å². The maximum atomic E-state index is 11.9. The Kier molecular flexibility index (Phi) is 4.36. The van der Waals surface area contributed by atoms with Gasteiger partial charge in [0.25, 0.3) is 11.8 Å². The number of nitrogens with zero attached hydrogens (tertiary/aromatic N) is 2. The van der Waals surface area contributed by atoms with Gasteiger partial charge in [-0.25, -0.2) is 0 Å². The van der Waals surface area contributed by atoms with Crippen LogP contribution in [0.3, 0.4) is 0 Å². The lowest BCUT2D eigenvalue weighted by atomic mass is 10.2. The van der Waals surface area contributed by atoms with E-state index in [-0.39, 0.29) is 29.6 Å². The summed E-state index contributed by atoms with van der Waals surface area (Å²) in [6.07, 6.45) is 2.70. The fourth-order valence-electron chi connectivity index (χ4n) is 1.53. The lowest BCUT2D eigenvalue weighted by Gasteiger charge is -2.07. The zero-order chi connectivity index (χ0) is 15.2. The zero-order valence-electron chi connectivity index (χ0n) is 11.2. The summed E-state index contributed by atoms with van der Waals surface area (Å²) in [5.41, 5.74) is 0.346. The molecule has 0 bridgehead atoms. The SMILES string of the molecule is CC(C#N)CNC(=O)c1[nH]ncc1NC(=O)c1ccco1. The molecule has 0 aliphatic carbocycles. The highest BCUT2D eigenvalue weighted by atomic mass is 16.3. The summed E-state index contributed by atoms with van der Waals surface area (Å²) in [7, 11) is 0. The van der Waals surface area contributed by atoms with Crippen molar-refractivity contribution in [2.75, 3.05) is 11.9 Å². The number of furan rings is 1. The summed E-state index contributed by atoms with van der Waals surface area (Å²) in [4.78, 5) is 23.8. The number of carbonyl (C=O) groups excluding carboxylic acids is 2. The van der Waals surface area contributed by atoms with Crippen LogP contribution in [0.2, 0.25) is 0 Å². The fraction of sp³-hybridized carbons (Fsp3) is 0.231. The Morgan fingerprint density at radius 1 is 1.52 bits per heavy atom. The van der Waals surface area contributed by atoms with Gasteiger partial charge in [-0.15, -0.1) is 0 Å². The van der Waals surface area contributed by atoms with Crippen LogP contribution in [0.4, 0.5) is 5.69 Å². The molecule has 2 amide bonds. The third kappa shape index (κ3) is 3.48. The molecule has 2 aromatic heterocycles. The van der Waals surface area contributed by atoms with Gasteiger partial charge in [-0.05, 0) is 19.1 Å². The quantitative estimate of drug-likeness (QED) is 0.760. The number of aromatic nitrogens is 2. The van der Waals surface area contributed by atoms with Crippen molar-refractivity contribution in [2.45, 2.75) is 6.92 Å². The summed E-state index contributed by atoms with van der Waals surface area (Å²) < 4.78 is 4.96. The zero-order valence-corrected chi connectivity index (χ0v) is 11.2. The maximum absolute atomic E-state index is 11.9. The predicted octanol–water partition coefficient (Wildman–Crippen LogP) is 1.14. The number of hydrogen-bond acceptors (Lipinski definition) is 5. The summed E-state index contributed by atoms with van der Waals surface area (Å²) >= 11 is 0. The van der Waals surface area contributed by atoms with Gasteiger partial charge in [-0.3, -0.25) is 14.7 Å². The van der Waals surface area contributed by atoms with Gasteiger partial charge in [0.2, 0.25) is 0 Å². The predicted molar refractivity (Wildman–Crippen MR) is 72.4 cm³/mol. The van der Waals surface area contributed by atoms with Crippen LogP contribution in [0, 0.1) is 17.2 Å². The van der Waals surface area contributed by atoms with Gasteiger partial charge in [0.05, 0.1) is 30.1 Å². The normalized spacial score (nSPS) is 11.4. The van der Waals surface area contributed by atoms with E-state index in [1.54, 1.807) is 13.0 Å². The number of carbonyl (C=O) groups is 2. The van der Waals surface area contributed by atoms with Crippen molar-refractivity contribution >= 4 is 17.5 Å². The highest BCUT2D eigenvalue weighted by Crippen LogP contribution is 2.13. The fourth-order valence-corrected chi connectivity index (χ4v) is 1.53. The molecule has 0 aromatic carbocycles. The highest BCUT2D eigenvalue weighted by molar-refractivity contribution is 6.06. The van der Waals surface area contributed by atoms with Gasteiger partial charge in [0.1, 0.15) is 5.69 Å². The average molecular weight is 287 g/mol. The third-order valence-electron chi connectivity index (χ3n) is 2.65. The Balaban J connectivity index is 2.03. The standard InChI is InChI=1S/C13H13N5O3/c1-8(5-14)6-15-13(20)11-9(7-16-18-11)17-12(19)10-3-2-4-21-10/h2-4,7-8H,6H2,1H3,(H,15,20)(H,16,18)(H,17,19). The molecule has 0 radical (unpaired) electrons. The van der Waals surface area contributed by atoms with Gasteiger partial charge in [-0.1, -0.05) is 0 Å². The van der Waals surface area contributed by atoms with Crippen LogP contribution in [0.15, 0.2) is 29.0 Å². The van der Waals surface area contributed by atoms with Crippen LogP contribution in [-0.4, -0.2) is 28.6 Å². The smallest absolute Gasteiger partial charge is 0.291 e. The molecule has 8 heteroatoms. The summed E-state index contributed by atoms with van der Waals surface area (Å²) in [6.45, 7) is 1.90. The molecule has 3 N–H and O–H groups in total. The molecule has 1 atom stereocenters. The molecule has 108 valence electrons. The van der Waals surface area contributed by atoms with Crippen LogP contribution in [-0.2, 0) is 0 Å². The second-order valence-electron chi connectivity index (χ2n) is 4.33. The van der Waals surface area contributed by atoms with E-state index in [9.17, 15) is 9.59 Å². The minimum Gasteiger partial charge on any atom is -0.459 e. The van der Waals surface area contributed by atoms with Crippen molar-refractivity contribution in [3.05, 3.63) is 36.0 Å². The second-order valence-corrected chi connectivity index (χ2v) is 4.33. The van der Waals surface area contributed by atoms with E-state index in [4.69, 9.17) is 9.68 Å². The Hall–Kier alpha value is -3.08. The lowest BCUT2D eigenvalue weighted by molar-refractivity contribution is 0.0946. The Labute approximate surface area is 120 Å². The largest absolute Gasteiger partial charge is 0.459 e. The van der Waals surface area contributed by atoms with Crippen LogP contribution >= 0.6 is 0 Å². The van der Waals surface area contributed by atoms with Crippen molar-refractivity contribution in [3.63, 3.8) is 0 Å². The maximum Gasteiger partial charge on any atom is 0.291 e. The first kappa shape index (κ1) is 14.3. The molecular weight excluding hydrogens is 274 g/mol. The Bertz CT molecular complexity index is 668. The molecule has 0 saturated carbocycles. The van der Waals surface area contributed by atoms with Crippen molar-refractivity contribution in [1.29, 1.82) is 5.26 Å². The van der Waals surface area contributed by atoms with Crippen molar-refractivity contribution in [1.82, 2.24) is 15.5 Å². The van der Waals surface area contributed by atoms with Gasteiger partial charge in [0.15, 0.2) is 5.76 Å².